The largest absolute Gasteiger partial charge is 0.280 e. The molecule has 4 aliphatic rings. The lowest BCUT2D eigenvalue weighted by Crippen LogP contribution is -2.48. The summed E-state index contributed by atoms with van der Waals surface area (Å²) in [5.74, 6) is 2.70. The number of anilines is 1. The number of sulfonamides is 1. The summed E-state index contributed by atoms with van der Waals surface area (Å²) in [6.07, 6.45) is 8.21. The standard InChI is InChI=1S/C23H26ClNO2S/c1-15-2-7-21(11-22(15)24)28(26,27)25-20-5-3-19(4-6-20)23-12-16-8-17(13-23)10-18(9-16)14-23/h2-7,11,16-18,25H,8-10,12-14H2,1H3. The minimum absolute atomic E-state index is 0.188. The Balaban J connectivity index is 1.38. The van der Waals surface area contributed by atoms with Crippen LogP contribution in [-0.4, -0.2) is 8.42 Å². The van der Waals surface area contributed by atoms with Crippen LogP contribution in [0.15, 0.2) is 47.4 Å². The molecule has 0 amide bonds. The minimum Gasteiger partial charge on any atom is -0.280 e. The molecule has 6 rings (SSSR count). The fourth-order valence-electron chi connectivity index (χ4n) is 6.31. The highest BCUT2D eigenvalue weighted by Crippen LogP contribution is 2.60. The predicted octanol–water partition coefficient (Wildman–Crippen LogP) is 5.92. The van der Waals surface area contributed by atoms with Gasteiger partial charge in [-0.25, -0.2) is 8.42 Å². The minimum atomic E-state index is -3.64. The smallest absolute Gasteiger partial charge is 0.261 e. The number of hydrogen-bond donors (Lipinski definition) is 1. The van der Waals surface area contributed by atoms with Crippen LogP contribution in [0, 0.1) is 24.7 Å². The molecule has 148 valence electrons. The molecule has 0 saturated heterocycles. The molecule has 4 fully saturated rings. The zero-order valence-electron chi connectivity index (χ0n) is 16.1. The summed E-state index contributed by atoms with van der Waals surface area (Å²) in [5.41, 5.74) is 3.19. The van der Waals surface area contributed by atoms with Gasteiger partial charge < -0.3 is 0 Å². The second kappa shape index (κ2) is 6.50. The summed E-state index contributed by atoms with van der Waals surface area (Å²) in [6, 6.07) is 13.0. The molecule has 1 N–H and O–H groups in total. The molecule has 2 aromatic rings. The van der Waals surface area contributed by atoms with Gasteiger partial charge in [-0.05, 0) is 104 Å². The molecule has 0 heterocycles. The van der Waals surface area contributed by atoms with Crippen LogP contribution in [0.5, 0.6) is 0 Å². The third kappa shape index (κ3) is 3.15. The highest BCUT2D eigenvalue weighted by molar-refractivity contribution is 7.92. The lowest BCUT2D eigenvalue weighted by molar-refractivity contribution is -0.00518. The summed E-state index contributed by atoms with van der Waals surface area (Å²) >= 11 is 6.10. The summed E-state index contributed by atoms with van der Waals surface area (Å²) in [5, 5.41) is 0.458. The van der Waals surface area contributed by atoms with E-state index in [1.807, 2.05) is 19.1 Å². The number of nitrogens with one attached hydrogen (secondary N) is 1. The average molecular weight is 416 g/mol. The van der Waals surface area contributed by atoms with E-state index in [0.717, 1.165) is 23.3 Å². The van der Waals surface area contributed by atoms with Crippen LogP contribution >= 0.6 is 11.6 Å². The van der Waals surface area contributed by atoms with Gasteiger partial charge in [0, 0.05) is 10.7 Å². The number of benzene rings is 2. The number of aryl methyl sites for hydroxylation is 1. The maximum absolute atomic E-state index is 12.7. The van der Waals surface area contributed by atoms with Gasteiger partial charge in [0.15, 0.2) is 0 Å². The van der Waals surface area contributed by atoms with Crippen molar-refractivity contribution in [1.29, 1.82) is 0 Å². The summed E-state index contributed by atoms with van der Waals surface area (Å²) in [6.45, 7) is 1.86. The number of hydrogen-bond acceptors (Lipinski definition) is 2. The third-order valence-corrected chi connectivity index (χ3v) is 9.03. The normalized spacial score (nSPS) is 31.1. The maximum Gasteiger partial charge on any atom is 0.261 e. The second-order valence-corrected chi connectivity index (χ2v) is 11.4. The van der Waals surface area contributed by atoms with Gasteiger partial charge in [0.1, 0.15) is 0 Å². The van der Waals surface area contributed by atoms with Crippen LogP contribution in [0.25, 0.3) is 0 Å². The first-order chi connectivity index (χ1) is 13.3. The van der Waals surface area contributed by atoms with E-state index < -0.39 is 10.0 Å². The van der Waals surface area contributed by atoms with Crippen LogP contribution in [0.3, 0.4) is 0 Å². The Hall–Kier alpha value is -1.52. The molecule has 0 radical (unpaired) electrons. The van der Waals surface area contributed by atoms with Gasteiger partial charge in [-0.2, -0.15) is 0 Å². The van der Waals surface area contributed by atoms with Crippen LogP contribution in [-0.2, 0) is 15.4 Å². The lowest BCUT2D eigenvalue weighted by Gasteiger charge is -2.57. The third-order valence-electron chi connectivity index (χ3n) is 7.24. The van der Waals surface area contributed by atoms with Crippen LogP contribution < -0.4 is 4.72 Å². The highest BCUT2D eigenvalue weighted by atomic mass is 35.5. The molecule has 0 aliphatic heterocycles. The zero-order chi connectivity index (χ0) is 19.5. The van der Waals surface area contributed by atoms with Crippen molar-refractivity contribution in [3.05, 3.63) is 58.6 Å². The van der Waals surface area contributed by atoms with Crippen molar-refractivity contribution in [3.63, 3.8) is 0 Å². The quantitative estimate of drug-likeness (QED) is 0.673. The van der Waals surface area contributed by atoms with Crippen molar-refractivity contribution < 1.29 is 8.42 Å². The summed E-state index contributed by atoms with van der Waals surface area (Å²) < 4.78 is 28.1. The molecule has 4 saturated carbocycles. The molecule has 4 aliphatic carbocycles. The molecule has 0 atom stereocenters. The maximum atomic E-state index is 12.7. The van der Waals surface area contributed by atoms with Crippen LogP contribution in [0.4, 0.5) is 5.69 Å². The van der Waals surface area contributed by atoms with Crippen molar-refractivity contribution in [2.75, 3.05) is 4.72 Å². The number of rotatable bonds is 4. The number of halogens is 1. The monoisotopic (exact) mass is 415 g/mol. The van der Waals surface area contributed by atoms with E-state index in [1.165, 1.54) is 50.2 Å². The topological polar surface area (TPSA) is 46.2 Å². The predicted molar refractivity (Wildman–Crippen MR) is 113 cm³/mol. The lowest BCUT2D eigenvalue weighted by atomic mass is 9.48. The van der Waals surface area contributed by atoms with E-state index in [2.05, 4.69) is 16.9 Å². The van der Waals surface area contributed by atoms with Crippen molar-refractivity contribution >= 4 is 27.3 Å². The van der Waals surface area contributed by atoms with Gasteiger partial charge in [0.2, 0.25) is 0 Å². The highest BCUT2D eigenvalue weighted by Gasteiger charge is 2.51. The fourth-order valence-corrected chi connectivity index (χ4v) is 7.64. The molecule has 0 spiro atoms. The van der Waals surface area contributed by atoms with Crippen LogP contribution in [0.2, 0.25) is 5.02 Å². The molecule has 0 unspecified atom stereocenters. The Morgan fingerprint density at radius 1 is 0.929 bits per heavy atom. The van der Waals surface area contributed by atoms with Gasteiger partial charge in [-0.1, -0.05) is 29.8 Å². The molecular formula is C23H26ClNO2S. The van der Waals surface area contributed by atoms with E-state index in [-0.39, 0.29) is 4.90 Å². The Kier molecular flexibility index (Phi) is 4.29. The molecular weight excluding hydrogens is 390 g/mol. The SMILES string of the molecule is Cc1ccc(S(=O)(=O)Nc2ccc(C34CC5CC(CC(C5)C3)C4)cc2)cc1Cl. The van der Waals surface area contributed by atoms with E-state index in [4.69, 9.17) is 11.6 Å². The first kappa shape index (κ1) is 18.5. The Morgan fingerprint density at radius 2 is 1.50 bits per heavy atom. The Morgan fingerprint density at radius 3 is 2.04 bits per heavy atom. The van der Waals surface area contributed by atoms with Gasteiger partial charge in [0.05, 0.1) is 4.90 Å². The average Bonchev–Trinajstić information content (AvgIpc) is 2.63. The van der Waals surface area contributed by atoms with Gasteiger partial charge in [-0.15, -0.1) is 0 Å². The van der Waals surface area contributed by atoms with Crippen molar-refractivity contribution in [2.45, 2.75) is 55.8 Å². The molecule has 0 aromatic heterocycles. The summed E-state index contributed by atoms with van der Waals surface area (Å²) in [7, 11) is -3.64. The van der Waals surface area contributed by atoms with E-state index in [9.17, 15) is 8.42 Å². The Labute approximate surface area is 172 Å². The summed E-state index contributed by atoms with van der Waals surface area (Å²) in [4.78, 5) is 0.188. The first-order valence-electron chi connectivity index (χ1n) is 10.2. The van der Waals surface area contributed by atoms with E-state index in [0.29, 0.717) is 16.1 Å². The van der Waals surface area contributed by atoms with Gasteiger partial charge in [0.25, 0.3) is 10.0 Å². The molecule has 3 nitrogen and oxygen atoms in total. The molecule has 4 bridgehead atoms. The second-order valence-electron chi connectivity index (χ2n) is 9.29. The van der Waals surface area contributed by atoms with Gasteiger partial charge in [-0.3, -0.25) is 4.72 Å². The molecule has 28 heavy (non-hydrogen) atoms. The fraction of sp³-hybridized carbons (Fsp3) is 0.478. The van der Waals surface area contributed by atoms with Crippen molar-refractivity contribution in [3.8, 4) is 0 Å². The Bertz CT molecular complexity index is 978. The zero-order valence-corrected chi connectivity index (χ0v) is 17.7. The van der Waals surface area contributed by atoms with Crippen molar-refractivity contribution in [2.24, 2.45) is 17.8 Å². The van der Waals surface area contributed by atoms with E-state index >= 15 is 0 Å². The van der Waals surface area contributed by atoms with E-state index in [1.54, 1.807) is 12.1 Å². The van der Waals surface area contributed by atoms with Crippen LogP contribution in [0.1, 0.15) is 49.7 Å². The first-order valence-corrected chi connectivity index (χ1v) is 12.1. The van der Waals surface area contributed by atoms with Crippen molar-refractivity contribution in [1.82, 2.24) is 0 Å². The molecule has 2 aromatic carbocycles. The molecule has 5 heteroatoms. The van der Waals surface area contributed by atoms with Gasteiger partial charge >= 0.3 is 0 Å².